The lowest BCUT2D eigenvalue weighted by Crippen LogP contribution is -2.22. The predicted octanol–water partition coefficient (Wildman–Crippen LogP) is 2.16. The van der Waals surface area contributed by atoms with E-state index >= 15 is 0 Å². The van der Waals surface area contributed by atoms with Crippen LogP contribution in [0.4, 0.5) is 0 Å². The monoisotopic (exact) mass is 325 g/mol. The standard InChI is InChI=1S/C14H16BrNO3/c15-12-2-3-13-11(10-12)4-5-16(14(13)18)6-9-19-8-1-7-17/h2-5,10,17H,1,6-9H2. The summed E-state index contributed by atoms with van der Waals surface area (Å²) in [6.45, 7) is 1.65. The van der Waals surface area contributed by atoms with Crippen LogP contribution in [0.5, 0.6) is 0 Å². The quantitative estimate of drug-likeness (QED) is 0.828. The van der Waals surface area contributed by atoms with E-state index in [2.05, 4.69) is 15.9 Å². The van der Waals surface area contributed by atoms with Gasteiger partial charge in [-0.1, -0.05) is 15.9 Å². The van der Waals surface area contributed by atoms with Gasteiger partial charge in [0.15, 0.2) is 0 Å². The van der Waals surface area contributed by atoms with E-state index < -0.39 is 0 Å². The van der Waals surface area contributed by atoms with Crippen LogP contribution in [-0.4, -0.2) is 29.5 Å². The Morgan fingerprint density at radius 2 is 2.11 bits per heavy atom. The van der Waals surface area contributed by atoms with Gasteiger partial charge in [-0.05, 0) is 36.1 Å². The number of ether oxygens (including phenoxy) is 1. The van der Waals surface area contributed by atoms with Crippen molar-refractivity contribution in [3.05, 3.63) is 45.3 Å². The van der Waals surface area contributed by atoms with E-state index in [0.29, 0.717) is 31.6 Å². The molecule has 0 unspecified atom stereocenters. The number of aromatic nitrogens is 1. The highest BCUT2D eigenvalue weighted by molar-refractivity contribution is 9.10. The smallest absolute Gasteiger partial charge is 0.258 e. The molecule has 19 heavy (non-hydrogen) atoms. The Balaban J connectivity index is 2.10. The van der Waals surface area contributed by atoms with Gasteiger partial charge in [0.25, 0.3) is 5.56 Å². The van der Waals surface area contributed by atoms with Gasteiger partial charge in [0.05, 0.1) is 6.61 Å². The Kier molecular flexibility index (Phi) is 5.13. The summed E-state index contributed by atoms with van der Waals surface area (Å²) in [5.41, 5.74) is -0.00393. The van der Waals surface area contributed by atoms with Crippen LogP contribution in [0.3, 0.4) is 0 Å². The molecule has 1 heterocycles. The molecule has 0 aliphatic rings. The first-order valence-corrected chi connectivity index (χ1v) is 6.99. The number of pyridine rings is 1. The van der Waals surface area contributed by atoms with Gasteiger partial charge in [-0.3, -0.25) is 4.79 Å². The van der Waals surface area contributed by atoms with Crippen LogP contribution in [0, 0.1) is 0 Å². The molecule has 0 saturated heterocycles. The minimum Gasteiger partial charge on any atom is -0.396 e. The van der Waals surface area contributed by atoms with E-state index in [0.717, 1.165) is 9.86 Å². The van der Waals surface area contributed by atoms with Crippen molar-refractivity contribution in [3.63, 3.8) is 0 Å². The van der Waals surface area contributed by atoms with Gasteiger partial charge < -0.3 is 14.4 Å². The van der Waals surface area contributed by atoms with Crippen LogP contribution in [0.2, 0.25) is 0 Å². The summed E-state index contributed by atoms with van der Waals surface area (Å²) in [4.78, 5) is 12.2. The SMILES string of the molecule is O=c1c2ccc(Br)cc2ccn1CCOCCCO. The summed E-state index contributed by atoms with van der Waals surface area (Å²) < 4.78 is 7.95. The van der Waals surface area contributed by atoms with Crippen LogP contribution in [-0.2, 0) is 11.3 Å². The summed E-state index contributed by atoms with van der Waals surface area (Å²) in [7, 11) is 0. The molecule has 0 atom stereocenters. The first kappa shape index (κ1) is 14.2. The third-order valence-electron chi connectivity index (χ3n) is 2.86. The molecule has 5 heteroatoms. The fourth-order valence-electron chi connectivity index (χ4n) is 1.87. The normalized spacial score (nSPS) is 11.1. The molecule has 0 saturated carbocycles. The second kappa shape index (κ2) is 6.84. The van der Waals surface area contributed by atoms with Crippen LogP contribution < -0.4 is 5.56 Å². The minimum atomic E-state index is -0.00393. The number of benzene rings is 1. The largest absolute Gasteiger partial charge is 0.396 e. The number of halogens is 1. The molecule has 1 aromatic carbocycles. The molecule has 1 N–H and O–H groups in total. The molecule has 0 aliphatic carbocycles. The zero-order valence-corrected chi connectivity index (χ0v) is 12.1. The molecule has 0 fully saturated rings. The van der Waals surface area contributed by atoms with Gasteiger partial charge in [-0.25, -0.2) is 0 Å². The van der Waals surface area contributed by atoms with E-state index in [-0.39, 0.29) is 12.2 Å². The zero-order chi connectivity index (χ0) is 13.7. The van der Waals surface area contributed by atoms with Gasteiger partial charge >= 0.3 is 0 Å². The molecule has 102 valence electrons. The van der Waals surface area contributed by atoms with Crippen molar-refractivity contribution >= 4 is 26.7 Å². The highest BCUT2D eigenvalue weighted by atomic mass is 79.9. The van der Waals surface area contributed by atoms with Crippen molar-refractivity contribution in [2.24, 2.45) is 0 Å². The molecule has 0 bridgehead atoms. The van der Waals surface area contributed by atoms with Crippen LogP contribution >= 0.6 is 15.9 Å². The van der Waals surface area contributed by atoms with Gasteiger partial charge in [0.1, 0.15) is 0 Å². The summed E-state index contributed by atoms with van der Waals surface area (Å²) in [6.07, 6.45) is 2.41. The Labute approximate surface area is 119 Å². The highest BCUT2D eigenvalue weighted by Gasteiger charge is 2.03. The number of aliphatic hydroxyl groups excluding tert-OH is 1. The van der Waals surface area contributed by atoms with Crippen molar-refractivity contribution in [1.29, 1.82) is 0 Å². The van der Waals surface area contributed by atoms with Crippen molar-refractivity contribution in [2.75, 3.05) is 19.8 Å². The minimum absolute atomic E-state index is 0.00393. The first-order chi connectivity index (χ1) is 9.22. The maximum atomic E-state index is 12.2. The lowest BCUT2D eigenvalue weighted by atomic mass is 10.2. The Hall–Kier alpha value is -1.17. The molecule has 4 nitrogen and oxygen atoms in total. The number of hydrogen-bond donors (Lipinski definition) is 1. The summed E-state index contributed by atoms with van der Waals surface area (Å²) in [5.74, 6) is 0. The molecule has 0 radical (unpaired) electrons. The van der Waals surface area contributed by atoms with Crippen LogP contribution in [0.1, 0.15) is 6.42 Å². The highest BCUT2D eigenvalue weighted by Crippen LogP contribution is 2.16. The predicted molar refractivity (Wildman–Crippen MR) is 78.4 cm³/mol. The summed E-state index contributed by atoms with van der Waals surface area (Å²) in [6, 6.07) is 7.55. The Morgan fingerprint density at radius 1 is 1.26 bits per heavy atom. The topological polar surface area (TPSA) is 51.5 Å². The zero-order valence-electron chi connectivity index (χ0n) is 10.5. The van der Waals surface area contributed by atoms with E-state index in [4.69, 9.17) is 9.84 Å². The van der Waals surface area contributed by atoms with Crippen LogP contribution in [0.15, 0.2) is 39.7 Å². The number of hydrogen-bond acceptors (Lipinski definition) is 3. The summed E-state index contributed by atoms with van der Waals surface area (Å²) in [5, 5.41) is 10.3. The van der Waals surface area contributed by atoms with Gasteiger partial charge in [-0.15, -0.1) is 0 Å². The van der Waals surface area contributed by atoms with Crippen molar-refractivity contribution in [1.82, 2.24) is 4.57 Å². The maximum absolute atomic E-state index is 12.2. The van der Waals surface area contributed by atoms with E-state index in [1.807, 2.05) is 24.3 Å². The first-order valence-electron chi connectivity index (χ1n) is 6.19. The average molecular weight is 326 g/mol. The second-order valence-corrected chi connectivity index (χ2v) is 5.15. The molecule has 2 aromatic rings. The van der Waals surface area contributed by atoms with E-state index in [1.54, 1.807) is 10.8 Å². The molecular weight excluding hydrogens is 310 g/mol. The average Bonchev–Trinajstić information content (AvgIpc) is 2.41. The summed E-state index contributed by atoms with van der Waals surface area (Å²) >= 11 is 3.39. The third kappa shape index (κ3) is 3.65. The lowest BCUT2D eigenvalue weighted by molar-refractivity contribution is 0.109. The third-order valence-corrected chi connectivity index (χ3v) is 3.36. The fourth-order valence-corrected chi connectivity index (χ4v) is 2.25. The number of rotatable bonds is 6. The van der Waals surface area contributed by atoms with Crippen molar-refractivity contribution in [2.45, 2.75) is 13.0 Å². The number of nitrogens with zero attached hydrogens (tertiary/aromatic N) is 1. The molecule has 0 amide bonds. The fraction of sp³-hybridized carbons (Fsp3) is 0.357. The molecular formula is C14H16BrNO3. The lowest BCUT2D eigenvalue weighted by Gasteiger charge is -2.08. The van der Waals surface area contributed by atoms with Gasteiger partial charge in [-0.2, -0.15) is 0 Å². The number of fused-ring (bicyclic) bond motifs is 1. The molecule has 0 aliphatic heterocycles. The van der Waals surface area contributed by atoms with Crippen molar-refractivity contribution in [3.8, 4) is 0 Å². The van der Waals surface area contributed by atoms with Crippen molar-refractivity contribution < 1.29 is 9.84 Å². The van der Waals surface area contributed by atoms with Gasteiger partial charge in [0, 0.05) is 35.8 Å². The number of aliphatic hydroxyl groups is 1. The molecule has 2 rings (SSSR count). The molecule has 1 aromatic heterocycles. The van der Waals surface area contributed by atoms with Crippen LogP contribution in [0.25, 0.3) is 10.8 Å². The second-order valence-electron chi connectivity index (χ2n) is 4.24. The maximum Gasteiger partial charge on any atom is 0.258 e. The van der Waals surface area contributed by atoms with E-state index in [9.17, 15) is 4.79 Å². The molecule has 0 spiro atoms. The Morgan fingerprint density at radius 3 is 2.89 bits per heavy atom. The van der Waals surface area contributed by atoms with Gasteiger partial charge in [0.2, 0.25) is 0 Å². The Bertz CT molecular complexity index is 609. The van der Waals surface area contributed by atoms with E-state index in [1.165, 1.54) is 0 Å².